The van der Waals surface area contributed by atoms with Crippen molar-refractivity contribution in [3.05, 3.63) is 45.9 Å². The molecule has 3 rings (SSSR count). The number of nitrogens with zero attached hydrogens (tertiary/aromatic N) is 3. The lowest BCUT2D eigenvalue weighted by Crippen LogP contribution is -2.40. The summed E-state index contributed by atoms with van der Waals surface area (Å²) in [5.74, 6) is 0.922. The van der Waals surface area contributed by atoms with Crippen LogP contribution in [0, 0.1) is 0 Å². The van der Waals surface area contributed by atoms with Crippen molar-refractivity contribution in [2.24, 2.45) is 4.99 Å². The summed E-state index contributed by atoms with van der Waals surface area (Å²) < 4.78 is 0. The summed E-state index contributed by atoms with van der Waals surface area (Å²) in [5, 5.41) is 6.74. The Morgan fingerprint density at radius 1 is 1.41 bits per heavy atom. The Balaban J connectivity index is 0.00000176. The maximum atomic E-state index is 4.59. The van der Waals surface area contributed by atoms with Gasteiger partial charge in [-0.3, -0.25) is 4.99 Å². The van der Waals surface area contributed by atoms with Crippen molar-refractivity contribution in [3.8, 4) is 0 Å². The van der Waals surface area contributed by atoms with Crippen molar-refractivity contribution >= 4 is 47.0 Å². The predicted molar refractivity (Wildman–Crippen MR) is 105 cm³/mol. The van der Waals surface area contributed by atoms with Gasteiger partial charge in [0.2, 0.25) is 0 Å². The molecule has 1 aliphatic rings. The maximum Gasteiger partial charge on any atom is 0.198 e. The molecule has 1 N–H and O–H groups in total. The van der Waals surface area contributed by atoms with Gasteiger partial charge in [0.15, 0.2) is 5.96 Å². The Kier molecular flexibility index (Phi) is 6.19. The van der Waals surface area contributed by atoms with Gasteiger partial charge in [0.05, 0.1) is 17.2 Å². The first kappa shape index (κ1) is 17.2. The molecule has 1 aromatic carbocycles. The molecule has 1 aliphatic heterocycles. The van der Waals surface area contributed by atoms with E-state index in [1.165, 1.54) is 16.3 Å². The van der Waals surface area contributed by atoms with E-state index in [1.54, 1.807) is 11.3 Å². The van der Waals surface area contributed by atoms with E-state index in [2.05, 4.69) is 56.8 Å². The van der Waals surface area contributed by atoms with Crippen LogP contribution in [0.3, 0.4) is 0 Å². The van der Waals surface area contributed by atoms with E-state index in [4.69, 9.17) is 0 Å². The van der Waals surface area contributed by atoms with Crippen molar-refractivity contribution in [1.29, 1.82) is 0 Å². The first-order chi connectivity index (χ1) is 10.3. The summed E-state index contributed by atoms with van der Waals surface area (Å²) in [6.07, 6.45) is 2.08. The van der Waals surface area contributed by atoms with E-state index < -0.39 is 0 Å². The second-order valence-corrected chi connectivity index (χ2v) is 5.96. The normalized spacial score (nSPS) is 13.7. The number of anilines is 1. The topological polar surface area (TPSA) is 40.5 Å². The van der Waals surface area contributed by atoms with Gasteiger partial charge in [0.1, 0.15) is 0 Å². The number of aromatic nitrogens is 1. The molecular weight excluding hydrogens is 407 g/mol. The Morgan fingerprint density at radius 2 is 2.23 bits per heavy atom. The summed E-state index contributed by atoms with van der Waals surface area (Å²) >= 11 is 1.73. The first-order valence-electron chi connectivity index (χ1n) is 7.31. The van der Waals surface area contributed by atoms with Gasteiger partial charge in [-0.05, 0) is 24.5 Å². The molecule has 0 radical (unpaired) electrons. The largest absolute Gasteiger partial charge is 0.350 e. The molecule has 0 aliphatic carbocycles. The van der Waals surface area contributed by atoms with Crippen LogP contribution in [0.1, 0.15) is 23.2 Å². The van der Waals surface area contributed by atoms with Crippen LogP contribution < -0.4 is 10.2 Å². The summed E-state index contributed by atoms with van der Waals surface area (Å²) in [6, 6.07) is 8.53. The lowest BCUT2D eigenvalue weighted by molar-refractivity contribution is 0.840. The minimum absolute atomic E-state index is 0. The van der Waals surface area contributed by atoms with Gasteiger partial charge in [-0.1, -0.05) is 25.1 Å². The molecule has 118 valence electrons. The molecule has 1 aromatic heterocycles. The molecule has 0 saturated heterocycles. The number of rotatable bonds is 3. The van der Waals surface area contributed by atoms with E-state index in [0.717, 1.165) is 37.6 Å². The molecule has 0 saturated carbocycles. The Labute approximate surface area is 152 Å². The molecule has 0 atom stereocenters. The van der Waals surface area contributed by atoms with Crippen LogP contribution in [0.4, 0.5) is 5.69 Å². The first-order valence-corrected chi connectivity index (χ1v) is 8.19. The van der Waals surface area contributed by atoms with E-state index in [9.17, 15) is 0 Å². The monoisotopic (exact) mass is 428 g/mol. The summed E-state index contributed by atoms with van der Waals surface area (Å²) in [6.45, 7) is 3.84. The molecule has 0 bridgehead atoms. The number of hydrogen-bond acceptors (Lipinski definition) is 3. The van der Waals surface area contributed by atoms with E-state index in [-0.39, 0.29) is 24.0 Å². The van der Waals surface area contributed by atoms with Gasteiger partial charge in [-0.15, -0.1) is 35.3 Å². The van der Waals surface area contributed by atoms with E-state index in [0.29, 0.717) is 0 Å². The fourth-order valence-corrected chi connectivity index (χ4v) is 3.36. The quantitative estimate of drug-likeness (QED) is 0.463. The maximum absolute atomic E-state index is 4.59. The number of guanidine groups is 1. The molecule has 2 aromatic rings. The highest BCUT2D eigenvalue weighted by Crippen LogP contribution is 2.27. The molecule has 22 heavy (non-hydrogen) atoms. The summed E-state index contributed by atoms with van der Waals surface area (Å²) in [4.78, 5) is 11.3. The number of aliphatic imine (C=N–C) groups is 1. The molecule has 0 fully saturated rings. The number of hydrogen-bond donors (Lipinski definition) is 1. The van der Waals surface area contributed by atoms with Crippen LogP contribution in [0.2, 0.25) is 0 Å². The fourth-order valence-electron chi connectivity index (χ4n) is 2.62. The second-order valence-electron chi connectivity index (χ2n) is 5.02. The van der Waals surface area contributed by atoms with Crippen molar-refractivity contribution in [2.45, 2.75) is 26.3 Å². The minimum Gasteiger partial charge on any atom is -0.350 e. The van der Waals surface area contributed by atoms with Gasteiger partial charge in [0.25, 0.3) is 0 Å². The zero-order valence-corrected chi connectivity index (χ0v) is 16.0. The van der Waals surface area contributed by atoms with Crippen LogP contribution >= 0.6 is 35.3 Å². The summed E-state index contributed by atoms with van der Waals surface area (Å²) in [7, 11) is 1.84. The highest BCUT2D eigenvalue weighted by Gasteiger charge is 2.22. The molecular formula is C16H21IN4S. The van der Waals surface area contributed by atoms with Gasteiger partial charge in [-0.2, -0.15) is 0 Å². The number of thiazole rings is 1. The zero-order valence-electron chi connectivity index (χ0n) is 12.9. The zero-order chi connectivity index (χ0) is 14.7. The van der Waals surface area contributed by atoms with Crippen LogP contribution in [0.25, 0.3) is 0 Å². The molecule has 0 unspecified atom stereocenters. The van der Waals surface area contributed by atoms with Gasteiger partial charge < -0.3 is 10.2 Å². The van der Waals surface area contributed by atoms with Crippen molar-refractivity contribution in [2.75, 3.05) is 18.5 Å². The van der Waals surface area contributed by atoms with E-state index >= 15 is 0 Å². The Bertz CT molecular complexity index is 653. The number of aryl methyl sites for hydroxylation is 1. The molecule has 4 nitrogen and oxygen atoms in total. The Morgan fingerprint density at radius 3 is 2.95 bits per heavy atom. The van der Waals surface area contributed by atoms with Gasteiger partial charge in [-0.25, -0.2) is 4.98 Å². The molecule has 6 heteroatoms. The van der Waals surface area contributed by atoms with Crippen LogP contribution in [-0.2, 0) is 19.4 Å². The highest BCUT2D eigenvalue weighted by atomic mass is 127. The number of nitrogens with one attached hydrogen (secondary N) is 1. The average molecular weight is 428 g/mol. The number of benzene rings is 1. The second kappa shape index (κ2) is 7.92. The van der Waals surface area contributed by atoms with Crippen molar-refractivity contribution in [3.63, 3.8) is 0 Å². The number of fused-ring (bicyclic) bond motifs is 1. The van der Waals surface area contributed by atoms with Gasteiger partial charge in [0, 0.05) is 24.7 Å². The van der Waals surface area contributed by atoms with Crippen molar-refractivity contribution in [1.82, 2.24) is 10.3 Å². The van der Waals surface area contributed by atoms with Crippen molar-refractivity contribution < 1.29 is 0 Å². The molecule has 0 spiro atoms. The summed E-state index contributed by atoms with van der Waals surface area (Å²) in [5.41, 5.74) is 3.74. The highest BCUT2D eigenvalue weighted by molar-refractivity contribution is 14.0. The number of halogens is 1. The van der Waals surface area contributed by atoms with Crippen LogP contribution in [-0.4, -0.2) is 24.5 Å². The third kappa shape index (κ3) is 3.60. The van der Waals surface area contributed by atoms with E-state index in [1.807, 2.05) is 7.05 Å². The van der Waals surface area contributed by atoms with Crippen LogP contribution in [0.15, 0.2) is 34.6 Å². The Hall–Kier alpha value is -1.15. The standard InChI is InChI=1S/C16H20N4S.HI/c1-3-15-19-13(11-21-15)10-18-16(17-2)20-9-8-12-6-4-5-7-14(12)20;/h4-7,11H,3,8-10H2,1-2H3,(H,17,18);1H. The molecule has 0 amide bonds. The fraction of sp³-hybridized carbons (Fsp3) is 0.375. The lowest BCUT2D eigenvalue weighted by Gasteiger charge is -2.22. The van der Waals surface area contributed by atoms with Crippen LogP contribution in [0.5, 0.6) is 0 Å². The third-order valence-electron chi connectivity index (χ3n) is 3.68. The molecule has 2 heterocycles. The average Bonchev–Trinajstić information content (AvgIpc) is 3.15. The number of para-hydroxylation sites is 1. The smallest absolute Gasteiger partial charge is 0.198 e. The lowest BCUT2D eigenvalue weighted by atomic mass is 10.2. The SMILES string of the molecule is CCc1nc(CNC(=NC)N2CCc3ccccc32)cs1.I. The van der Waals surface area contributed by atoms with Gasteiger partial charge >= 0.3 is 0 Å². The third-order valence-corrected chi connectivity index (χ3v) is 4.73. The minimum atomic E-state index is 0. The predicted octanol–water partition coefficient (Wildman–Crippen LogP) is 3.46.